The Morgan fingerprint density at radius 2 is 1.94 bits per heavy atom. The third-order valence-electron chi connectivity index (χ3n) is 5.05. The van der Waals surface area contributed by atoms with Gasteiger partial charge >= 0.3 is 0 Å². The van der Waals surface area contributed by atoms with Gasteiger partial charge in [0.15, 0.2) is 0 Å². The molecule has 0 radical (unpaired) electrons. The van der Waals surface area contributed by atoms with Gasteiger partial charge in [-0.05, 0) is 56.5 Å². The molecule has 16 heavy (non-hydrogen) atoms. The summed E-state index contributed by atoms with van der Waals surface area (Å²) in [5, 5.41) is 3.97. The van der Waals surface area contributed by atoms with Gasteiger partial charge in [0.1, 0.15) is 0 Å². The Kier molecular flexibility index (Phi) is 2.75. The van der Waals surface area contributed by atoms with E-state index in [1.54, 1.807) is 0 Å². The van der Waals surface area contributed by atoms with E-state index in [-0.39, 0.29) is 0 Å². The van der Waals surface area contributed by atoms with E-state index in [4.69, 9.17) is 0 Å². The van der Waals surface area contributed by atoms with Gasteiger partial charge in [-0.25, -0.2) is 0 Å². The Morgan fingerprint density at radius 1 is 1.12 bits per heavy atom. The van der Waals surface area contributed by atoms with Gasteiger partial charge < -0.3 is 10.2 Å². The molecule has 92 valence electrons. The fourth-order valence-corrected chi connectivity index (χ4v) is 4.05. The Morgan fingerprint density at radius 3 is 2.69 bits per heavy atom. The summed E-state index contributed by atoms with van der Waals surface area (Å²) in [5.74, 6) is 0.956. The van der Waals surface area contributed by atoms with Crippen LogP contribution >= 0.6 is 0 Å². The third-order valence-corrected chi connectivity index (χ3v) is 5.05. The first-order valence-corrected chi connectivity index (χ1v) is 7.11. The van der Waals surface area contributed by atoms with Gasteiger partial charge in [-0.15, -0.1) is 0 Å². The van der Waals surface area contributed by atoms with E-state index < -0.39 is 0 Å². The lowest BCUT2D eigenvalue weighted by Gasteiger charge is -2.33. The van der Waals surface area contributed by atoms with Gasteiger partial charge in [-0.2, -0.15) is 0 Å². The number of nitrogens with one attached hydrogen (secondary N) is 1. The minimum absolute atomic E-state index is 0.591. The van der Waals surface area contributed by atoms with Crippen LogP contribution in [0.5, 0.6) is 0 Å². The molecule has 4 unspecified atom stereocenters. The first kappa shape index (κ1) is 11.0. The van der Waals surface area contributed by atoms with Gasteiger partial charge in [0.05, 0.1) is 0 Å². The van der Waals surface area contributed by atoms with Crippen molar-refractivity contribution in [3.8, 4) is 0 Å². The average molecular weight is 222 g/mol. The molecule has 1 N–H and O–H groups in total. The summed E-state index contributed by atoms with van der Waals surface area (Å²) in [7, 11) is 0. The van der Waals surface area contributed by atoms with E-state index in [0.29, 0.717) is 5.41 Å². The molecule has 4 atom stereocenters. The fraction of sp³-hybridized carbons (Fsp3) is 1.00. The Balaban J connectivity index is 1.55. The molecule has 2 bridgehead atoms. The minimum Gasteiger partial charge on any atom is -0.311 e. The summed E-state index contributed by atoms with van der Waals surface area (Å²) in [6, 6.07) is 1.64. The zero-order valence-corrected chi connectivity index (χ0v) is 10.8. The van der Waals surface area contributed by atoms with Crippen molar-refractivity contribution in [2.75, 3.05) is 19.6 Å². The molecule has 2 heterocycles. The van der Waals surface area contributed by atoms with E-state index in [2.05, 4.69) is 24.1 Å². The molecule has 2 saturated heterocycles. The zero-order valence-electron chi connectivity index (χ0n) is 10.8. The second kappa shape index (κ2) is 3.99. The summed E-state index contributed by atoms with van der Waals surface area (Å²) in [6.07, 6.45) is 7.03. The van der Waals surface area contributed by atoms with Crippen LogP contribution in [0.1, 0.15) is 46.0 Å². The highest BCUT2D eigenvalue weighted by molar-refractivity contribution is 4.95. The van der Waals surface area contributed by atoms with E-state index in [1.165, 1.54) is 51.7 Å². The molecule has 0 aromatic rings. The van der Waals surface area contributed by atoms with Gasteiger partial charge in [0.25, 0.3) is 0 Å². The minimum atomic E-state index is 0.591. The molecule has 2 heteroatoms. The molecule has 0 amide bonds. The topological polar surface area (TPSA) is 15.3 Å². The number of nitrogens with zero attached hydrogens (tertiary/aromatic N) is 1. The summed E-state index contributed by atoms with van der Waals surface area (Å²) < 4.78 is 0. The smallest absolute Gasteiger partial charge is 0.0123 e. The SMILES string of the molecule is CC1(C)CCC(NC2CCN3CCC2C3)C1. The highest BCUT2D eigenvalue weighted by Crippen LogP contribution is 2.38. The Labute approximate surface area is 99.8 Å². The molecule has 2 nitrogen and oxygen atoms in total. The van der Waals surface area contributed by atoms with Crippen LogP contribution < -0.4 is 5.32 Å². The van der Waals surface area contributed by atoms with E-state index >= 15 is 0 Å². The molecule has 3 rings (SSSR count). The van der Waals surface area contributed by atoms with Crippen molar-refractivity contribution in [2.24, 2.45) is 11.3 Å². The molecule has 3 aliphatic rings. The lowest BCUT2D eigenvalue weighted by Crippen LogP contribution is -2.47. The van der Waals surface area contributed by atoms with Gasteiger partial charge in [-0.3, -0.25) is 0 Å². The quantitative estimate of drug-likeness (QED) is 0.771. The standard InChI is InChI=1S/C14H26N2/c1-14(2)6-3-12(9-14)15-13-5-8-16-7-4-11(13)10-16/h11-13,15H,3-10H2,1-2H3. The highest BCUT2D eigenvalue weighted by atomic mass is 15.2. The number of hydrogen-bond acceptors (Lipinski definition) is 2. The van der Waals surface area contributed by atoms with Gasteiger partial charge in [0.2, 0.25) is 0 Å². The van der Waals surface area contributed by atoms with Crippen LogP contribution in [0, 0.1) is 11.3 Å². The molecular weight excluding hydrogens is 196 g/mol. The van der Waals surface area contributed by atoms with Crippen LogP contribution in [0.15, 0.2) is 0 Å². The molecule has 0 aromatic heterocycles. The van der Waals surface area contributed by atoms with Crippen molar-refractivity contribution in [1.82, 2.24) is 10.2 Å². The maximum absolute atomic E-state index is 3.97. The van der Waals surface area contributed by atoms with Crippen molar-refractivity contribution < 1.29 is 0 Å². The van der Waals surface area contributed by atoms with Crippen LogP contribution in [-0.4, -0.2) is 36.6 Å². The molecule has 3 fully saturated rings. The summed E-state index contributed by atoms with van der Waals surface area (Å²) in [4.78, 5) is 2.64. The Bertz CT molecular complexity index is 261. The molecule has 0 spiro atoms. The van der Waals surface area contributed by atoms with E-state index in [9.17, 15) is 0 Å². The van der Waals surface area contributed by atoms with Crippen molar-refractivity contribution >= 4 is 0 Å². The summed E-state index contributed by atoms with van der Waals surface area (Å²) >= 11 is 0. The first-order valence-electron chi connectivity index (χ1n) is 7.11. The normalized spacial score (nSPS) is 46.1. The third kappa shape index (κ3) is 2.14. The van der Waals surface area contributed by atoms with Crippen molar-refractivity contribution in [2.45, 2.75) is 58.0 Å². The van der Waals surface area contributed by atoms with Crippen molar-refractivity contribution in [3.05, 3.63) is 0 Å². The van der Waals surface area contributed by atoms with Crippen LogP contribution in [-0.2, 0) is 0 Å². The fourth-order valence-electron chi connectivity index (χ4n) is 4.05. The summed E-state index contributed by atoms with van der Waals surface area (Å²) in [6.45, 7) is 8.91. The van der Waals surface area contributed by atoms with Crippen LogP contribution in [0.3, 0.4) is 0 Å². The van der Waals surface area contributed by atoms with Crippen molar-refractivity contribution in [3.63, 3.8) is 0 Å². The predicted octanol–water partition coefficient (Wildman–Crippen LogP) is 2.25. The maximum Gasteiger partial charge on any atom is 0.0123 e. The zero-order chi connectivity index (χ0) is 11.2. The second-order valence-corrected chi connectivity index (χ2v) is 7.02. The molecule has 0 aromatic carbocycles. The molecule has 2 aliphatic heterocycles. The number of rotatable bonds is 2. The molecule has 1 saturated carbocycles. The largest absolute Gasteiger partial charge is 0.311 e. The lowest BCUT2D eigenvalue weighted by molar-refractivity contribution is 0.207. The highest BCUT2D eigenvalue weighted by Gasteiger charge is 2.37. The van der Waals surface area contributed by atoms with E-state index in [0.717, 1.165) is 18.0 Å². The molecule has 1 aliphatic carbocycles. The van der Waals surface area contributed by atoms with Crippen LogP contribution in [0.2, 0.25) is 0 Å². The first-order chi connectivity index (χ1) is 7.62. The van der Waals surface area contributed by atoms with Crippen LogP contribution in [0.4, 0.5) is 0 Å². The number of fused-ring (bicyclic) bond motifs is 2. The van der Waals surface area contributed by atoms with Gasteiger partial charge in [-0.1, -0.05) is 13.8 Å². The summed E-state index contributed by atoms with van der Waals surface area (Å²) in [5.41, 5.74) is 0.591. The van der Waals surface area contributed by atoms with E-state index in [1.807, 2.05) is 0 Å². The lowest BCUT2D eigenvalue weighted by atomic mass is 9.90. The van der Waals surface area contributed by atoms with Crippen molar-refractivity contribution in [1.29, 1.82) is 0 Å². The number of piperidine rings is 1. The molecular formula is C14H26N2. The maximum atomic E-state index is 3.97. The average Bonchev–Trinajstić information content (AvgIpc) is 2.76. The van der Waals surface area contributed by atoms with Crippen LogP contribution in [0.25, 0.3) is 0 Å². The second-order valence-electron chi connectivity index (χ2n) is 7.02. The number of hydrogen-bond donors (Lipinski definition) is 1. The predicted molar refractivity (Wildman–Crippen MR) is 67.5 cm³/mol. The van der Waals surface area contributed by atoms with Gasteiger partial charge in [0, 0.05) is 18.6 Å². The monoisotopic (exact) mass is 222 g/mol. The Hall–Kier alpha value is -0.0800.